The van der Waals surface area contributed by atoms with E-state index in [1.165, 1.54) is 11.4 Å². The molecule has 1 aromatic carbocycles. The lowest BCUT2D eigenvalue weighted by Gasteiger charge is -2.24. The Balaban J connectivity index is 1.75. The number of para-hydroxylation sites is 2. The SMILES string of the molecule is COc1ccccc1N(CCCC(=O)NCCSCc1ccco1)S(C)(=O)=O. The first kappa shape index (κ1) is 22.2. The molecule has 0 saturated carbocycles. The molecule has 1 heterocycles. The molecule has 0 aliphatic carbocycles. The number of ether oxygens (including phenoxy) is 1. The highest BCUT2D eigenvalue weighted by atomic mass is 32.2. The van der Waals surface area contributed by atoms with E-state index >= 15 is 0 Å². The number of hydrogen-bond donors (Lipinski definition) is 1. The number of nitrogens with zero attached hydrogens (tertiary/aromatic N) is 1. The highest BCUT2D eigenvalue weighted by Crippen LogP contribution is 2.29. The average molecular weight is 427 g/mol. The van der Waals surface area contributed by atoms with Crippen LogP contribution in [0, 0.1) is 0 Å². The molecular weight excluding hydrogens is 400 g/mol. The molecule has 9 heteroatoms. The third kappa shape index (κ3) is 7.12. The number of anilines is 1. The number of methoxy groups -OCH3 is 1. The zero-order valence-corrected chi connectivity index (χ0v) is 17.7. The monoisotopic (exact) mass is 426 g/mol. The summed E-state index contributed by atoms with van der Waals surface area (Å²) in [6, 6.07) is 10.7. The van der Waals surface area contributed by atoms with Gasteiger partial charge in [-0.05, 0) is 30.7 Å². The standard InChI is InChI=1S/C19H26N2O5S2/c1-25-18-9-4-3-8-17(18)21(28(2,23)24)12-5-10-19(22)20-11-14-27-15-16-7-6-13-26-16/h3-4,6-9,13H,5,10-12,14-15H2,1-2H3,(H,20,22). The molecule has 0 spiro atoms. The number of nitrogens with one attached hydrogen (secondary N) is 1. The molecule has 0 bridgehead atoms. The Bertz CT molecular complexity index is 838. The Labute approximate surface area is 170 Å². The van der Waals surface area contributed by atoms with Gasteiger partial charge in [-0.25, -0.2) is 8.42 Å². The van der Waals surface area contributed by atoms with E-state index in [1.54, 1.807) is 42.3 Å². The van der Waals surface area contributed by atoms with Crippen molar-refractivity contribution < 1.29 is 22.4 Å². The predicted molar refractivity (Wildman–Crippen MR) is 112 cm³/mol. The molecule has 0 aliphatic rings. The Kier molecular flexibility index (Phi) is 8.72. The molecule has 28 heavy (non-hydrogen) atoms. The van der Waals surface area contributed by atoms with Crippen LogP contribution >= 0.6 is 11.8 Å². The first-order valence-electron chi connectivity index (χ1n) is 8.89. The number of furan rings is 1. The summed E-state index contributed by atoms with van der Waals surface area (Å²) in [6.45, 7) is 0.770. The van der Waals surface area contributed by atoms with Crippen molar-refractivity contribution in [1.29, 1.82) is 0 Å². The number of sulfonamides is 1. The normalized spacial score (nSPS) is 11.2. The van der Waals surface area contributed by atoms with Gasteiger partial charge in [-0.15, -0.1) is 0 Å². The van der Waals surface area contributed by atoms with Crippen LogP contribution in [0.5, 0.6) is 5.75 Å². The van der Waals surface area contributed by atoms with Crippen molar-refractivity contribution >= 4 is 33.4 Å². The van der Waals surface area contributed by atoms with Crippen LogP contribution in [0.4, 0.5) is 5.69 Å². The van der Waals surface area contributed by atoms with E-state index in [1.807, 2.05) is 12.1 Å². The highest BCUT2D eigenvalue weighted by molar-refractivity contribution is 7.98. The second kappa shape index (κ2) is 11.0. The van der Waals surface area contributed by atoms with Gasteiger partial charge in [0, 0.05) is 25.3 Å². The summed E-state index contributed by atoms with van der Waals surface area (Å²) >= 11 is 1.68. The summed E-state index contributed by atoms with van der Waals surface area (Å²) in [4.78, 5) is 12.0. The third-order valence-corrected chi connectivity index (χ3v) is 6.07. The van der Waals surface area contributed by atoms with Crippen molar-refractivity contribution in [3.8, 4) is 5.75 Å². The molecule has 1 aromatic heterocycles. The minimum absolute atomic E-state index is 0.0907. The molecule has 2 rings (SSSR count). The van der Waals surface area contributed by atoms with Crippen LogP contribution in [-0.2, 0) is 20.6 Å². The molecule has 0 atom stereocenters. The largest absolute Gasteiger partial charge is 0.495 e. The van der Waals surface area contributed by atoms with Crippen LogP contribution < -0.4 is 14.4 Å². The van der Waals surface area contributed by atoms with Crippen LogP contribution in [0.2, 0.25) is 0 Å². The molecule has 0 saturated heterocycles. The smallest absolute Gasteiger partial charge is 0.232 e. The van der Waals surface area contributed by atoms with Crippen LogP contribution in [0.3, 0.4) is 0 Å². The fraction of sp³-hybridized carbons (Fsp3) is 0.421. The van der Waals surface area contributed by atoms with Gasteiger partial charge < -0.3 is 14.5 Å². The van der Waals surface area contributed by atoms with E-state index in [-0.39, 0.29) is 18.9 Å². The van der Waals surface area contributed by atoms with Crippen molar-refractivity contribution in [2.45, 2.75) is 18.6 Å². The van der Waals surface area contributed by atoms with Gasteiger partial charge in [0.1, 0.15) is 11.5 Å². The van der Waals surface area contributed by atoms with Crippen molar-refractivity contribution in [3.05, 3.63) is 48.4 Å². The zero-order chi connectivity index (χ0) is 20.4. The minimum atomic E-state index is -3.48. The summed E-state index contributed by atoms with van der Waals surface area (Å²) in [5.74, 6) is 2.85. The molecule has 0 unspecified atom stereocenters. The molecular formula is C19H26N2O5S2. The lowest BCUT2D eigenvalue weighted by molar-refractivity contribution is -0.121. The third-order valence-electron chi connectivity index (χ3n) is 3.91. The molecule has 0 fully saturated rings. The lowest BCUT2D eigenvalue weighted by Crippen LogP contribution is -2.32. The van der Waals surface area contributed by atoms with Gasteiger partial charge in [-0.1, -0.05) is 12.1 Å². The second-order valence-electron chi connectivity index (χ2n) is 6.09. The predicted octanol–water partition coefficient (Wildman–Crippen LogP) is 2.88. The summed E-state index contributed by atoms with van der Waals surface area (Å²) < 4.78 is 36.1. The topological polar surface area (TPSA) is 88.8 Å². The van der Waals surface area contributed by atoms with Crippen LogP contribution in [0.25, 0.3) is 0 Å². The van der Waals surface area contributed by atoms with Gasteiger partial charge in [0.25, 0.3) is 0 Å². The number of hydrogen-bond acceptors (Lipinski definition) is 6. The first-order chi connectivity index (χ1) is 13.4. The molecule has 154 valence electrons. The first-order valence-corrected chi connectivity index (χ1v) is 11.9. The van der Waals surface area contributed by atoms with Gasteiger partial charge in [0.15, 0.2) is 0 Å². The number of carbonyl (C=O) groups is 1. The van der Waals surface area contributed by atoms with E-state index in [0.717, 1.165) is 23.5 Å². The van der Waals surface area contributed by atoms with Crippen molar-refractivity contribution in [2.75, 3.05) is 36.5 Å². The molecule has 1 amide bonds. The summed E-state index contributed by atoms with van der Waals surface area (Å²) in [6.07, 6.45) is 3.46. The van der Waals surface area contributed by atoms with E-state index < -0.39 is 10.0 Å². The summed E-state index contributed by atoms with van der Waals surface area (Å²) in [5.41, 5.74) is 0.474. The van der Waals surface area contributed by atoms with E-state index in [2.05, 4.69) is 5.32 Å². The fourth-order valence-corrected chi connectivity index (χ4v) is 4.33. The summed E-state index contributed by atoms with van der Waals surface area (Å²) in [5, 5.41) is 2.85. The number of carbonyl (C=O) groups excluding carboxylic acids is 1. The lowest BCUT2D eigenvalue weighted by atomic mass is 10.2. The minimum Gasteiger partial charge on any atom is -0.495 e. The highest BCUT2D eigenvalue weighted by Gasteiger charge is 2.20. The Hall–Kier alpha value is -2.13. The van der Waals surface area contributed by atoms with Gasteiger partial charge in [0.05, 0.1) is 31.1 Å². The van der Waals surface area contributed by atoms with Crippen molar-refractivity contribution in [3.63, 3.8) is 0 Å². The summed E-state index contributed by atoms with van der Waals surface area (Å²) in [7, 11) is -1.99. The fourth-order valence-electron chi connectivity index (χ4n) is 2.60. The Morgan fingerprint density at radius 2 is 2.04 bits per heavy atom. The number of amides is 1. The number of thioether (sulfide) groups is 1. The molecule has 0 radical (unpaired) electrons. The Morgan fingerprint density at radius 1 is 1.25 bits per heavy atom. The van der Waals surface area contributed by atoms with Crippen LogP contribution in [0.1, 0.15) is 18.6 Å². The Morgan fingerprint density at radius 3 is 2.71 bits per heavy atom. The van der Waals surface area contributed by atoms with E-state index in [0.29, 0.717) is 24.4 Å². The van der Waals surface area contributed by atoms with Gasteiger partial charge in [0.2, 0.25) is 15.9 Å². The van der Waals surface area contributed by atoms with Crippen LogP contribution in [-0.4, -0.2) is 46.5 Å². The maximum absolute atomic E-state index is 12.2. The van der Waals surface area contributed by atoms with E-state index in [9.17, 15) is 13.2 Å². The van der Waals surface area contributed by atoms with Gasteiger partial charge >= 0.3 is 0 Å². The van der Waals surface area contributed by atoms with E-state index in [4.69, 9.17) is 9.15 Å². The molecule has 2 aromatic rings. The number of benzene rings is 1. The maximum atomic E-state index is 12.2. The average Bonchev–Trinajstić information content (AvgIpc) is 3.17. The van der Waals surface area contributed by atoms with Gasteiger partial charge in [-0.2, -0.15) is 11.8 Å². The second-order valence-corrected chi connectivity index (χ2v) is 9.10. The van der Waals surface area contributed by atoms with Crippen LogP contribution in [0.15, 0.2) is 47.1 Å². The number of rotatable bonds is 12. The molecule has 0 aliphatic heterocycles. The zero-order valence-electron chi connectivity index (χ0n) is 16.1. The van der Waals surface area contributed by atoms with Crippen molar-refractivity contribution in [2.24, 2.45) is 0 Å². The van der Waals surface area contributed by atoms with Gasteiger partial charge in [-0.3, -0.25) is 9.10 Å². The molecule has 1 N–H and O–H groups in total. The van der Waals surface area contributed by atoms with Crippen molar-refractivity contribution in [1.82, 2.24) is 5.32 Å². The maximum Gasteiger partial charge on any atom is 0.232 e. The molecule has 7 nitrogen and oxygen atoms in total. The quantitative estimate of drug-likeness (QED) is 0.525.